The van der Waals surface area contributed by atoms with E-state index in [-0.39, 0.29) is 0 Å². The largest absolute Gasteiger partial charge is 0.377 e. The van der Waals surface area contributed by atoms with E-state index in [1.54, 1.807) is 29.7 Å². The highest BCUT2D eigenvalue weighted by Crippen LogP contribution is 2.25. The van der Waals surface area contributed by atoms with Crippen molar-refractivity contribution in [3.63, 3.8) is 0 Å². The second kappa shape index (κ2) is 4.84. The lowest BCUT2D eigenvalue weighted by molar-refractivity contribution is 1.10. The van der Waals surface area contributed by atoms with Crippen LogP contribution >= 0.6 is 34.5 Å². The highest BCUT2D eigenvalue weighted by Gasteiger charge is 2.01. The summed E-state index contributed by atoms with van der Waals surface area (Å²) in [5.74, 6) is 0. The van der Waals surface area contributed by atoms with Crippen LogP contribution in [0.25, 0.3) is 0 Å². The van der Waals surface area contributed by atoms with E-state index in [0.29, 0.717) is 16.6 Å². The summed E-state index contributed by atoms with van der Waals surface area (Å²) in [5, 5.41) is 7.44. The van der Waals surface area contributed by atoms with Crippen LogP contribution in [0.2, 0.25) is 10.0 Å². The van der Waals surface area contributed by atoms with E-state index < -0.39 is 0 Å². The average Bonchev–Trinajstić information content (AvgIpc) is 2.69. The number of nitrogens with zero attached hydrogens (tertiary/aromatic N) is 1. The second-order valence-electron chi connectivity index (χ2n) is 2.90. The molecule has 0 fully saturated rings. The summed E-state index contributed by atoms with van der Waals surface area (Å²) >= 11 is 13.4. The topological polar surface area (TPSA) is 24.9 Å². The Balaban J connectivity index is 2.05. The van der Waals surface area contributed by atoms with Gasteiger partial charge in [-0.2, -0.15) is 0 Å². The Morgan fingerprint density at radius 1 is 1.33 bits per heavy atom. The molecule has 0 radical (unpaired) electrons. The number of benzene rings is 1. The first-order valence-electron chi connectivity index (χ1n) is 4.33. The third-order valence-corrected chi connectivity index (χ3v) is 3.17. The number of nitrogens with one attached hydrogen (secondary N) is 1. The predicted molar refractivity (Wildman–Crippen MR) is 65.9 cm³/mol. The smallest absolute Gasteiger partial charge is 0.112 e. The summed E-state index contributed by atoms with van der Waals surface area (Å²) in [6.45, 7) is 0.680. The van der Waals surface area contributed by atoms with Crippen LogP contribution in [0.5, 0.6) is 0 Å². The molecule has 2 rings (SSSR count). The Hall–Kier alpha value is -0.770. The minimum absolute atomic E-state index is 0.624. The number of hydrogen-bond acceptors (Lipinski definition) is 3. The van der Waals surface area contributed by atoms with Crippen molar-refractivity contribution in [3.05, 3.63) is 44.8 Å². The first-order chi connectivity index (χ1) is 7.25. The van der Waals surface area contributed by atoms with Gasteiger partial charge in [-0.25, -0.2) is 4.98 Å². The molecule has 1 heterocycles. The molecule has 0 amide bonds. The van der Waals surface area contributed by atoms with Crippen LogP contribution in [0.15, 0.2) is 29.8 Å². The Bertz CT molecular complexity index is 443. The lowest BCUT2D eigenvalue weighted by Gasteiger charge is -2.06. The van der Waals surface area contributed by atoms with Gasteiger partial charge in [0, 0.05) is 16.6 Å². The molecule has 1 aromatic carbocycles. The summed E-state index contributed by atoms with van der Waals surface area (Å²) in [5.41, 5.74) is 0.872. The fourth-order valence-corrected chi connectivity index (χ4v) is 2.18. The van der Waals surface area contributed by atoms with Gasteiger partial charge in [0.2, 0.25) is 0 Å². The summed E-state index contributed by atoms with van der Waals surface area (Å²) in [4.78, 5) is 4.17. The standard InChI is InChI=1S/C10H8Cl2N2S/c11-7-1-2-9(8(12)5-7)14-6-10-13-3-4-15-10/h1-5,14H,6H2. The number of anilines is 1. The SMILES string of the molecule is Clc1ccc(NCc2nccs2)c(Cl)c1. The molecule has 0 saturated carbocycles. The van der Waals surface area contributed by atoms with Gasteiger partial charge in [0.1, 0.15) is 5.01 Å². The number of halogens is 2. The predicted octanol–water partition coefficient (Wildman–Crippen LogP) is 4.06. The van der Waals surface area contributed by atoms with Gasteiger partial charge in [0.05, 0.1) is 17.3 Å². The molecule has 15 heavy (non-hydrogen) atoms. The Morgan fingerprint density at radius 2 is 2.20 bits per heavy atom. The van der Waals surface area contributed by atoms with Gasteiger partial charge < -0.3 is 5.32 Å². The van der Waals surface area contributed by atoms with Gasteiger partial charge in [-0.3, -0.25) is 0 Å². The second-order valence-corrected chi connectivity index (χ2v) is 4.73. The minimum Gasteiger partial charge on any atom is -0.377 e. The summed E-state index contributed by atoms with van der Waals surface area (Å²) < 4.78 is 0. The van der Waals surface area contributed by atoms with Crippen molar-refractivity contribution in [1.29, 1.82) is 0 Å². The molecule has 0 spiro atoms. The summed E-state index contributed by atoms with van der Waals surface area (Å²) in [6.07, 6.45) is 1.78. The minimum atomic E-state index is 0.624. The van der Waals surface area contributed by atoms with Gasteiger partial charge in [0.15, 0.2) is 0 Å². The molecule has 0 aliphatic carbocycles. The zero-order valence-electron chi connectivity index (χ0n) is 7.71. The van der Waals surface area contributed by atoms with E-state index in [1.165, 1.54) is 0 Å². The van der Waals surface area contributed by atoms with E-state index in [2.05, 4.69) is 10.3 Å². The van der Waals surface area contributed by atoms with Crippen molar-refractivity contribution in [2.45, 2.75) is 6.54 Å². The normalized spacial score (nSPS) is 10.3. The lowest BCUT2D eigenvalue weighted by Crippen LogP contribution is -1.98. The molecule has 2 nitrogen and oxygen atoms in total. The van der Waals surface area contributed by atoms with Crippen LogP contribution in [0.4, 0.5) is 5.69 Å². The number of rotatable bonds is 3. The van der Waals surface area contributed by atoms with E-state index in [9.17, 15) is 0 Å². The van der Waals surface area contributed by atoms with Crippen LogP contribution in [0.3, 0.4) is 0 Å². The molecular weight excluding hydrogens is 251 g/mol. The first-order valence-corrected chi connectivity index (χ1v) is 5.96. The first kappa shape index (κ1) is 10.7. The van der Waals surface area contributed by atoms with Gasteiger partial charge >= 0.3 is 0 Å². The van der Waals surface area contributed by atoms with Crippen molar-refractivity contribution in [2.24, 2.45) is 0 Å². The molecule has 0 saturated heterocycles. The molecule has 0 aliphatic heterocycles. The van der Waals surface area contributed by atoms with Crippen LogP contribution < -0.4 is 5.32 Å². The molecular formula is C10H8Cl2N2S. The van der Waals surface area contributed by atoms with E-state index >= 15 is 0 Å². The van der Waals surface area contributed by atoms with Crippen molar-refractivity contribution in [3.8, 4) is 0 Å². The highest BCUT2D eigenvalue weighted by molar-refractivity contribution is 7.09. The quantitative estimate of drug-likeness (QED) is 0.898. The van der Waals surface area contributed by atoms with Gasteiger partial charge in [-0.1, -0.05) is 23.2 Å². The summed E-state index contributed by atoms with van der Waals surface area (Å²) in [7, 11) is 0. The Morgan fingerprint density at radius 3 is 2.87 bits per heavy atom. The molecule has 0 unspecified atom stereocenters. The third kappa shape index (κ3) is 2.84. The fourth-order valence-electron chi connectivity index (χ4n) is 1.14. The zero-order chi connectivity index (χ0) is 10.7. The number of thiazole rings is 1. The Labute approximate surface area is 102 Å². The molecule has 5 heteroatoms. The van der Waals surface area contributed by atoms with Crippen LogP contribution in [-0.4, -0.2) is 4.98 Å². The van der Waals surface area contributed by atoms with Crippen LogP contribution in [0.1, 0.15) is 5.01 Å². The molecule has 0 aliphatic rings. The van der Waals surface area contributed by atoms with Crippen molar-refractivity contribution >= 4 is 40.2 Å². The van der Waals surface area contributed by atoms with E-state index in [4.69, 9.17) is 23.2 Å². The van der Waals surface area contributed by atoms with Crippen molar-refractivity contribution < 1.29 is 0 Å². The fraction of sp³-hybridized carbons (Fsp3) is 0.100. The molecule has 1 aromatic heterocycles. The molecule has 2 aromatic rings. The van der Waals surface area contributed by atoms with Crippen LogP contribution in [0, 0.1) is 0 Å². The third-order valence-electron chi connectivity index (χ3n) is 1.84. The van der Waals surface area contributed by atoms with Crippen molar-refractivity contribution in [1.82, 2.24) is 4.98 Å². The maximum atomic E-state index is 6.01. The highest BCUT2D eigenvalue weighted by atomic mass is 35.5. The van der Waals surface area contributed by atoms with Gasteiger partial charge in [-0.15, -0.1) is 11.3 Å². The van der Waals surface area contributed by atoms with Crippen LogP contribution in [-0.2, 0) is 6.54 Å². The van der Waals surface area contributed by atoms with Crippen molar-refractivity contribution in [2.75, 3.05) is 5.32 Å². The number of hydrogen-bond donors (Lipinski definition) is 1. The van der Waals surface area contributed by atoms with E-state index in [0.717, 1.165) is 10.7 Å². The molecule has 1 N–H and O–H groups in total. The van der Waals surface area contributed by atoms with Gasteiger partial charge in [-0.05, 0) is 18.2 Å². The zero-order valence-corrected chi connectivity index (χ0v) is 10.0. The molecule has 78 valence electrons. The number of aromatic nitrogens is 1. The maximum Gasteiger partial charge on any atom is 0.112 e. The average molecular weight is 259 g/mol. The maximum absolute atomic E-state index is 6.01. The lowest BCUT2D eigenvalue weighted by atomic mass is 10.3. The Kier molecular flexibility index (Phi) is 3.46. The monoisotopic (exact) mass is 258 g/mol. The molecule has 0 atom stereocenters. The van der Waals surface area contributed by atoms with E-state index in [1.807, 2.05) is 11.4 Å². The summed E-state index contributed by atoms with van der Waals surface area (Å²) in [6, 6.07) is 5.38. The molecule has 0 bridgehead atoms. The van der Waals surface area contributed by atoms with Gasteiger partial charge in [0.25, 0.3) is 0 Å².